The topological polar surface area (TPSA) is 17.1 Å². The lowest BCUT2D eigenvalue weighted by Gasteiger charge is -2.67. The Bertz CT molecular complexity index is 691. The summed E-state index contributed by atoms with van der Waals surface area (Å²) in [6.07, 6.45) is 14.6. The van der Waals surface area contributed by atoms with Gasteiger partial charge in [-0.15, -0.1) is 0 Å². The molecular weight excluding hydrogens is 376 g/mol. The smallest absolute Gasteiger partial charge is 0.138 e. The van der Waals surface area contributed by atoms with Crippen LogP contribution in [0, 0.1) is 57.2 Å². The lowest BCUT2D eigenvalue weighted by atomic mass is 9.37. The van der Waals surface area contributed by atoms with E-state index in [9.17, 15) is 4.79 Å². The maximum Gasteiger partial charge on any atom is 0.138 e. The van der Waals surface area contributed by atoms with Crippen molar-refractivity contribution in [1.29, 1.82) is 0 Å². The zero-order valence-electron chi connectivity index (χ0n) is 22.2. The van der Waals surface area contributed by atoms with Crippen molar-refractivity contribution in [2.75, 3.05) is 0 Å². The number of Topliss-reactive ketones (excluding diaryl/α,β-unsaturated/α-hetero) is 1. The molecule has 4 aliphatic carbocycles. The fourth-order valence-electron chi connectivity index (χ4n) is 10.2. The van der Waals surface area contributed by atoms with Gasteiger partial charge in [-0.3, -0.25) is 4.79 Å². The molecule has 0 aromatic heterocycles. The van der Waals surface area contributed by atoms with Gasteiger partial charge in [0.25, 0.3) is 0 Å². The van der Waals surface area contributed by atoms with Crippen molar-refractivity contribution < 1.29 is 4.79 Å². The van der Waals surface area contributed by atoms with Crippen LogP contribution in [0.4, 0.5) is 0 Å². The molecule has 0 N–H and O–H groups in total. The van der Waals surface area contributed by atoms with Gasteiger partial charge in [0, 0.05) is 11.8 Å². The Kier molecular flexibility index (Phi) is 6.05. The predicted octanol–water partition coefficient (Wildman–Crippen LogP) is 8.70. The van der Waals surface area contributed by atoms with Crippen molar-refractivity contribution in [2.24, 2.45) is 57.2 Å². The Balaban J connectivity index is 1.57. The molecule has 4 aliphatic rings. The second kappa shape index (κ2) is 7.87. The van der Waals surface area contributed by atoms with E-state index in [0.717, 1.165) is 36.0 Å². The molecular formula is C30H52O. The maximum atomic E-state index is 12.8. The van der Waals surface area contributed by atoms with Gasteiger partial charge >= 0.3 is 0 Å². The molecule has 0 spiro atoms. The molecule has 31 heavy (non-hydrogen) atoms. The van der Waals surface area contributed by atoms with Crippen molar-refractivity contribution in [2.45, 2.75) is 126 Å². The van der Waals surface area contributed by atoms with Crippen LogP contribution in [-0.4, -0.2) is 5.78 Å². The first-order valence-corrected chi connectivity index (χ1v) is 13.9. The highest BCUT2D eigenvalue weighted by Crippen LogP contribution is 2.75. The molecule has 0 heterocycles. The van der Waals surface area contributed by atoms with Crippen LogP contribution in [0.5, 0.6) is 0 Å². The number of rotatable bonds is 5. The Labute approximate surface area is 193 Å². The maximum absolute atomic E-state index is 12.8. The van der Waals surface area contributed by atoms with Gasteiger partial charge in [-0.2, -0.15) is 0 Å². The second-order valence-corrected chi connectivity index (χ2v) is 14.3. The molecule has 0 aromatic carbocycles. The van der Waals surface area contributed by atoms with Crippen LogP contribution in [0.15, 0.2) is 0 Å². The zero-order valence-corrected chi connectivity index (χ0v) is 22.2. The van der Waals surface area contributed by atoms with Crippen molar-refractivity contribution in [3.8, 4) is 0 Å². The SMILES string of the molecule is CC(C)CCCC(C)C1CCC2(C)C3CCC4C(CCC(=O)C4(C)C)C3(C)CCC12C. The molecule has 4 saturated carbocycles. The van der Waals surface area contributed by atoms with Crippen LogP contribution in [0.3, 0.4) is 0 Å². The normalized spacial score (nSPS) is 47.6. The number of fused-ring (bicyclic) bond motifs is 5. The van der Waals surface area contributed by atoms with E-state index in [1.165, 1.54) is 64.2 Å². The lowest BCUT2D eigenvalue weighted by Crippen LogP contribution is -2.61. The quantitative estimate of drug-likeness (QED) is 0.428. The van der Waals surface area contributed by atoms with Crippen molar-refractivity contribution in [3.05, 3.63) is 0 Å². The zero-order chi connectivity index (χ0) is 22.8. The highest BCUT2D eigenvalue weighted by molar-refractivity contribution is 5.85. The van der Waals surface area contributed by atoms with Crippen LogP contribution >= 0.6 is 0 Å². The fourth-order valence-corrected chi connectivity index (χ4v) is 10.2. The molecule has 0 radical (unpaired) electrons. The van der Waals surface area contributed by atoms with Gasteiger partial charge in [0.15, 0.2) is 0 Å². The average Bonchev–Trinajstić information content (AvgIpc) is 2.96. The van der Waals surface area contributed by atoms with Crippen molar-refractivity contribution in [3.63, 3.8) is 0 Å². The van der Waals surface area contributed by atoms with Gasteiger partial charge in [0.1, 0.15) is 5.78 Å². The van der Waals surface area contributed by atoms with Gasteiger partial charge < -0.3 is 0 Å². The predicted molar refractivity (Wildman–Crippen MR) is 132 cm³/mol. The molecule has 1 nitrogen and oxygen atoms in total. The summed E-state index contributed by atoms with van der Waals surface area (Å²) in [5.74, 6) is 5.41. The first kappa shape index (κ1) is 23.8. The molecule has 0 bridgehead atoms. The van der Waals surface area contributed by atoms with Gasteiger partial charge in [-0.25, -0.2) is 0 Å². The first-order chi connectivity index (χ1) is 14.4. The number of carbonyl (C=O) groups is 1. The second-order valence-electron chi connectivity index (χ2n) is 14.3. The number of hydrogen-bond donors (Lipinski definition) is 0. The number of hydrogen-bond acceptors (Lipinski definition) is 1. The summed E-state index contributed by atoms with van der Waals surface area (Å²) in [6, 6.07) is 0. The summed E-state index contributed by atoms with van der Waals surface area (Å²) in [6.45, 7) is 20.0. The third kappa shape index (κ3) is 3.41. The highest BCUT2D eigenvalue weighted by Gasteiger charge is 2.68. The molecule has 4 fully saturated rings. The number of carbonyl (C=O) groups excluding carboxylic acids is 1. The van der Waals surface area contributed by atoms with Crippen molar-refractivity contribution >= 4 is 5.78 Å². The van der Waals surface area contributed by atoms with Crippen LogP contribution in [0.1, 0.15) is 126 Å². The molecule has 0 saturated heterocycles. The van der Waals surface area contributed by atoms with E-state index in [0.29, 0.717) is 27.9 Å². The third-order valence-electron chi connectivity index (χ3n) is 12.4. The molecule has 0 amide bonds. The molecule has 4 rings (SSSR count). The lowest BCUT2D eigenvalue weighted by molar-refractivity contribution is -0.189. The van der Waals surface area contributed by atoms with E-state index in [2.05, 4.69) is 55.4 Å². The third-order valence-corrected chi connectivity index (χ3v) is 12.4. The van der Waals surface area contributed by atoms with Crippen LogP contribution < -0.4 is 0 Å². The minimum atomic E-state index is -0.0955. The van der Waals surface area contributed by atoms with Gasteiger partial charge in [-0.05, 0) is 96.7 Å². The van der Waals surface area contributed by atoms with E-state index in [4.69, 9.17) is 0 Å². The van der Waals surface area contributed by atoms with E-state index >= 15 is 0 Å². The average molecular weight is 429 g/mol. The van der Waals surface area contributed by atoms with Gasteiger partial charge in [0.2, 0.25) is 0 Å². The van der Waals surface area contributed by atoms with E-state index in [1.54, 1.807) is 0 Å². The molecule has 0 aromatic rings. The Morgan fingerprint density at radius 1 is 0.806 bits per heavy atom. The van der Waals surface area contributed by atoms with E-state index in [-0.39, 0.29) is 5.41 Å². The summed E-state index contributed by atoms with van der Waals surface area (Å²) in [4.78, 5) is 12.8. The van der Waals surface area contributed by atoms with Crippen LogP contribution in [-0.2, 0) is 4.79 Å². The standard InChI is InChI=1S/C30H52O/c1-20(2)10-9-11-21(3)22-16-17-30(8)25-14-12-23-24(13-15-26(31)27(23,4)5)28(25,6)18-19-29(22,30)7/h20-25H,9-19H2,1-8H3. The molecule has 8 unspecified atom stereocenters. The Hall–Kier alpha value is -0.330. The van der Waals surface area contributed by atoms with Crippen molar-refractivity contribution in [1.82, 2.24) is 0 Å². The largest absolute Gasteiger partial charge is 0.299 e. The minimum Gasteiger partial charge on any atom is -0.299 e. The summed E-state index contributed by atoms with van der Waals surface area (Å²) >= 11 is 0. The van der Waals surface area contributed by atoms with Crippen LogP contribution in [0.25, 0.3) is 0 Å². The molecule has 178 valence electrons. The highest BCUT2D eigenvalue weighted by atomic mass is 16.1. The molecule has 8 atom stereocenters. The van der Waals surface area contributed by atoms with Gasteiger partial charge in [0.05, 0.1) is 0 Å². The van der Waals surface area contributed by atoms with E-state index in [1.807, 2.05) is 0 Å². The Morgan fingerprint density at radius 3 is 2.19 bits per heavy atom. The first-order valence-electron chi connectivity index (χ1n) is 13.9. The Morgan fingerprint density at radius 2 is 1.52 bits per heavy atom. The summed E-state index contributed by atoms with van der Waals surface area (Å²) < 4.78 is 0. The minimum absolute atomic E-state index is 0.0955. The van der Waals surface area contributed by atoms with E-state index < -0.39 is 0 Å². The molecule has 1 heteroatoms. The summed E-state index contributed by atoms with van der Waals surface area (Å²) in [5, 5.41) is 0. The fraction of sp³-hybridized carbons (Fsp3) is 0.967. The summed E-state index contributed by atoms with van der Waals surface area (Å²) in [7, 11) is 0. The molecule has 0 aliphatic heterocycles. The van der Waals surface area contributed by atoms with Gasteiger partial charge in [-0.1, -0.05) is 74.7 Å². The summed E-state index contributed by atoms with van der Waals surface area (Å²) in [5.41, 5.74) is 1.36. The number of ketones is 1. The monoisotopic (exact) mass is 428 g/mol. The van der Waals surface area contributed by atoms with Crippen LogP contribution in [0.2, 0.25) is 0 Å².